The number of hydrogen-bond acceptors (Lipinski definition) is 2. The van der Waals surface area contributed by atoms with E-state index >= 15 is 0 Å². The van der Waals surface area contributed by atoms with Gasteiger partial charge in [-0.25, -0.2) is 4.98 Å². The molecule has 0 saturated carbocycles. The first kappa shape index (κ1) is 11.9. The Labute approximate surface area is 102 Å². The quantitative estimate of drug-likeness (QED) is 0.829. The second-order valence-electron chi connectivity index (χ2n) is 4.33. The summed E-state index contributed by atoms with van der Waals surface area (Å²) in [6, 6.07) is 8.39. The van der Waals surface area contributed by atoms with Gasteiger partial charge < -0.3 is 10.1 Å². The van der Waals surface area contributed by atoms with Crippen LogP contribution in [-0.4, -0.2) is 15.1 Å². The highest BCUT2D eigenvalue weighted by atomic mass is 16.3. The Kier molecular flexibility index (Phi) is 3.94. The molecular weight excluding hydrogens is 212 g/mol. The number of aryl methyl sites for hydroxylation is 2. The maximum atomic E-state index is 9.87. The van der Waals surface area contributed by atoms with E-state index in [-0.39, 0.29) is 0 Å². The molecule has 1 aromatic carbocycles. The second-order valence-corrected chi connectivity index (χ2v) is 4.33. The monoisotopic (exact) mass is 230 g/mol. The van der Waals surface area contributed by atoms with Gasteiger partial charge in [0, 0.05) is 6.20 Å². The third-order valence-corrected chi connectivity index (χ3v) is 3.05. The molecule has 17 heavy (non-hydrogen) atoms. The fraction of sp³-hybridized carbons (Fsp3) is 0.357. The summed E-state index contributed by atoms with van der Waals surface area (Å²) < 4.78 is 0. The summed E-state index contributed by atoms with van der Waals surface area (Å²) in [5.74, 6) is 0. The number of aromatic amines is 1. The van der Waals surface area contributed by atoms with Gasteiger partial charge in [-0.05, 0) is 37.3 Å². The van der Waals surface area contributed by atoms with Gasteiger partial charge in [0.05, 0.1) is 18.1 Å². The first-order valence-electron chi connectivity index (χ1n) is 5.98. The topological polar surface area (TPSA) is 48.9 Å². The van der Waals surface area contributed by atoms with Crippen LogP contribution < -0.4 is 0 Å². The van der Waals surface area contributed by atoms with Crippen LogP contribution >= 0.6 is 0 Å². The van der Waals surface area contributed by atoms with Crippen molar-refractivity contribution in [3.8, 4) is 0 Å². The summed E-state index contributed by atoms with van der Waals surface area (Å²) in [6.07, 6.45) is 5.62. The molecule has 0 spiro atoms. The van der Waals surface area contributed by atoms with Crippen molar-refractivity contribution in [3.05, 3.63) is 53.6 Å². The van der Waals surface area contributed by atoms with Crippen molar-refractivity contribution in [2.45, 2.75) is 32.3 Å². The number of aliphatic hydroxyl groups excluding tert-OH is 1. The molecule has 0 aliphatic heterocycles. The molecule has 0 bridgehead atoms. The second kappa shape index (κ2) is 5.64. The van der Waals surface area contributed by atoms with Crippen LogP contribution in [0.1, 0.15) is 35.8 Å². The number of nitrogens with zero attached hydrogens (tertiary/aromatic N) is 1. The fourth-order valence-electron chi connectivity index (χ4n) is 1.98. The number of nitrogens with one attached hydrogen (secondary N) is 1. The number of imidazole rings is 1. The molecule has 90 valence electrons. The Bertz CT molecular complexity index is 451. The average molecular weight is 230 g/mol. The summed E-state index contributed by atoms with van der Waals surface area (Å²) in [5, 5.41) is 9.87. The summed E-state index contributed by atoms with van der Waals surface area (Å²) in [6.45, 7) is 2.12. The van der Waals surface area contributed by atoms with Gasteiger partial charge in [0.25, 0.3) is 0 Å². The van der Waals surface area contributed by atoms with Crippen LogP contribution in [0.3, 0.4) is 0 Å². The van der Waals surface area contributed by atoms with Crippen molar-refractivity contribution in [1.29, 1.82) is 0 Å². The van der Waals surface area contributed by atoms with Crippen molar-refractivity contribution in [3.63, 3.8) is 0 Å². The van der Waals surface area contributed by atoms with Gasteiger partial charge >= 0.3 is 0 Å². The molecule has 1 atom stereocenters. The Hall–Kier alpha value is -1.61. The molecule has 0 aliphatic rings. The molecule has 0 amide bonds. The number of aromatic nitrogens is 2. The third-order valence-electron chi connectivity index (χ3n) is 3.05. The molecule has 0 aliphatic carbocycles. The summed E-state index contributed by atoms with van der Waals surface area (Å²) in [7, 11) is 0. The normalized spacial score (nSPS) is 12.6. The number of hydrogen-bond donors (Lipinski definition) is 2. The van der Waals surface area contributed by atoms with E-state index in [1.807, 2.05) is 0 Å². The molecule has 3 heteroatoms. The highest BCUT2D eigenvalue weighted by Crippen LogP contribution is 2.18. The van der Waals surface area contributed by atoms with Gasteiger partial charge in [-0.3, -0.25) is 0 Å². The van der Waals surface area contributed by atoms with E-state index < -0.39 is 6.10 Å². The van der Waals surface area contributed by atoms with Crippen molar-refractivity contribution in [2.75, 3.05) is 0 Å². The van der Waals surface area contributed by atoms with Crippen molar-refractivity contribution < 1.29 is 5.11 Å². The lowest BCUT2D eigenvalue weighted by Crippen LogP contribution is -1.99. The molecule has 3 nitrogen and oxygen atoms in total. The number of benzene rings is 1. The van der Waals surface area contributed by atoms with E-state index in [4.69, 9.17) is 0 Å². The smallest absolute Gasteiger partial charge is 0.0975 e. The minimum atomic E-state index is -0.453. The van der Waals surface area contributed by atoms with Crippen LogP contribution in [-0.2, 0) is 6.42 Å². The van der Waals surface area contributed by atoms with Gasteiger partial charge in [0.2, 0.25) is 0 Å². The van der Waals surface area contributed by atoms with Gasteiger partial charge in [0.15, 0.2) is 0 Å². The largest absolute Gasteiger partial charge is 0.387 e. The molecule has 1 aromatic heterocycles. The van der Waals surface area contributed by atoms with E-state index in [0.717, 1.165) is 25.0 Å². The molecule has 2 N–H and O–H groups in total. The minimum Gasteiger partial charge on any atom is -0.387 e. The van der Waals surface area contributed by atoms with Crippen LogP contribution in [0.4, 0.5) is 0 Å². The summed E-state index contributed by atoms with van der Waals surface area (Å²) in [5.41, 5.74) is 3.42. The zero-order valence-electron chi connectivity index (χ0n) is 10.1. The highest BCUT2D eigenvalue weighted by molar-refractivity contribution is 5.25. The van der Waals surface area contributed by atoms with Gasteiger partial charge in [-0.15, -0.1) is 0 Å². The maximum Gasteiger partial charge on any atom is 0.0975 e. The molecular formula is C14H18N2O. The minimum absolute atomic E-state index is 0.453. The molecule has 0 saturated heterocycles. The van der Waals surface area contributed by atoms with Crippen LogP contribution in [0, 0.1) is 6.92 Å². The number of aliphatic hydroxyl groups is 1. The van der Waals surface area contributed by atoms with Crippen LogP contribution in [0.5, 0.6) is 0 Å². The molecule has 2 aromatic rings. The zero-order chi connectivity index (χ0) is 12.1. The van der Waals surface area contributed by atoms with Gasteiger partial charge in [0.1, 0.15) is 0 Å². The van der Waals surface area contributed by atoms with Crippen molar-refractivity contribution in [2.24, 2.45) is 0 Å². The van der Waals surface area contributed by atoms with Crippen molar-refractivity contribution >= 4 is 0 Å². The molecule has 2 rings (SSSR count). The standard InChI is InChI=1S/C14H18N2O/c1-11-5-2-3-6-12(11)7-4-8-14(17)13-9-15-10-16-13/h2-3,5-6,9-10,14,17H,4,7-8H2,1H3,(H,15,16). The Morgan fingerprint density at radius 3 is 2.88 bits per heavy atom. The van der Waals surface area contributed by atoms with E-state index in [0.29, 0.717) is 0 Å². The SMILES string of the molecule is Cc1ccccc1CCCC(O)c1c[nH]cn1. The Morgan fingerprint density at radius 1 is 1.35 bits per heavy atom. The average Bonchev–Trinajstić information content (AvgIpc) is 2.85. The van der Waals surface area contributed by atoms with Gasteiger partial charge in [-0.1, -0.05) is 24.3 Å². The van der Waals surface area contributed by atoms with Crippen LogP contribution in [0.25, 0.3) is 0 Å². The van der Waals surface area contributed by atoms with Crippen LogP contribution in [0.2, 0.25) is 0 Å². The molecule has 0 radical (unpaired) electrons. The predicted molar refractivity (Wildman–Crippen MR) is 67.7 cm³/mol. The lowest BCUT2D eigenvalue weighted by molar-refractivity contribution is 0.160. The molecule has 1 unspecified atom stereocenters. The fourth-order valence-corrected chi connectivity index (χ4v) is 1.98. The summed E-state index contributed by atoms with van der Waals surface area (Å²) >= 11 is 0. The number of H-pyrrole nitrogens is 1. The van der Waals surface area contributed by atoms with E-state index in [2.05, 4.69) is 41.2 Å². The molecule has 1 heterocycles. The van der Waals surface area contributed by atoms with Crippen LogP contribution in [0.15, 0.2) is 36.8 Å². The maximum absolute atomic E-state index is 9.87. The van der Waals surface area contributed by atoms with Crippen molar-refractivity contribution in [1.82, 2.24) is 9.97 Å². The van der Waals surface area contributed by atoms with E-state index in [9.17, 15) is 5.11 Å². The number of rotatable bonds is 5. The summed E-state index contributed by atoms with van der Waals surface area (Å²) in [4.78, 5) is 6.91. The Morgan fingerprint density at radius 2 is 2.18 bits per heavy atom. The first-order valence-corrected chi connectivity index (χ1v) is 5.98. The Balaban J connectivity index is 1.82. The zero-order valence-corrected chi connectivity index (χ0v) is 10.1. The predicted octanol–water partition coefficient (Wildman–Crippen LogP) is 2.77. The lowest BCUT2D eigenvalue weighted by atomic mass is 10.0. The van der Waals surface area contributed by atoms with Gasteiger partial charge in [-0.2, -0.15) is 0 Å². The lowest BCUT2D eigenvalue weighted by Gasteiger charge is -2.08. The highest BCUT2D eigenvalue weighted by Gasteiger charge is 2.09. The first-order chi connectivity index (χ1) is 8.27. The molecule has 0 fully saturated rings. The van der Waals surface area contributed by atoms with E-state index in [1.54, 1.807) is 12.5 Å². The third kappa shape index (κ3) is 3.17. The van der Waals surface area contributed by atoms with E-state index in [1.165, 1.54) is 11.1 Å².